The predicted molar refractivity (Wildman–Crippen MR) is 92.7 cm³/mol. The van der Waals surface area contributed by atoms with E-state index in [1.54, 1.807) is 29.2 Å². The Morgan fingerprint density at radius 3 is 2.48 bits per heavy atom. The van der Waals surface area contributed by atoms with Crippen LogP contribution in [0.5, 0.6) is 0 Å². The zero-order valence-corrected chi connectivity index (χ0v) is 14.5. The fourth-order valence-electron chi connectivity index (χ4n) is 2.17. The van der Waals surface area contributed by atoms with E-state index in [1.807, 2.05) is 20.2 Å². The van der Waals surface area contributed by atoms with Crippen LogP contribution in [-0.4, -0.2) is 28.3 Å². The molecular formula is C16H17ClN3O2S+. The molecule has 0 heterocycles. The number of rotatable bonds is 5. The molecule has 0 bridgehead atoms. The van der Waals surface area contributed by atoms with Crippen molar-refractivity contribution in [3.8, 4) is 0 Å². The molecule has 0 fully saturated rings. The average molecular weight is 351 g/mol. The highest BCUT2D eigenvalue weighted by molar-refractivity contribution is 7.91. The molecule has 23 heavy (non-hydrogen) atoms. The molecule has 0 aliphatic carbocycles. The van der Waals surface area contributed by atoms with Crippen LogP contribution in [0.15, 0.2) is 47.4 Å². The van der Waals surface area contributed by atoms with E-state index in [-0.39, 0.29) is 16.3 Å². The third-order valence-corrected chi connectivity index (χ3v) is 5.61. The van der Waals surface area contributed by atoms with Gasteiger partial charge >= 0.3 is 5.69 Å². The van der Waals surface area contributed by atoms with Crippen molar-refractivity contribution in [2.45, 2.75) is 11.3 Å². The SMILES string of the molecule is CN(C)c1ccc([N+]#N)c(S(=O)(=O)CCc2ccccc2Cl)c1. The summed E-state index contributed by atoms with van der Waals surface area (Å²) in [5.41, 5.74) is 1.52. The van der Waals surface area contributed by atoms with E-state index in [0.29, 0.717) is 17.1 Å². The van der Waals surface area contributed by atoms with Gasteiger partial charge in [-0.15, -0.1) is 0 Å². The first-order valence-corrected chi connectivity index (χ1v) is 9.01. The van der Waals surface area contributed by atoms with E-state index >= 15 is 0 Å². The molecule has 2 rings (SSSR count). The number of hydrogen-bond donors (Lipinski definition) is 0. The van der Waals surface area contributed by atoms with Crippen LogP contribution < -0.4 is 4.90 Å². The van der Waals surface area contributed by atoms with Gasteiger partial charge in [0.05, 0.1) is 5.75 Å². The monoisotopic (exact) mass is 350 g/mol. The Morgan fingerprint density at radius 1 is 1.17 bits per heavy atom. The van der Waals surface area contributed by atoms with Crippen LogP contribution in [0.1, 0.15) is 5.56 Å². The third kappa shape index (κ3) is 4.01. The summed E-state index contributed by atoms with van der Waals surface area (Å²) in [6.07, 6.45) is 0.291. The van der Waals surface area contributed by atoms with Gasteiger partial charge in [-0.2, -0.15) is 0 Å². The largest absolute Gasteiger partial charge is 0.403 e. The lowest BCUT2D eigenvalue weighted by molar-refractivity contribution is 0.595. The van der Waals surface area contributed by atoms with Crippen LogP contribution in [0, 0.1) is 5.39 Å². The Bertz CT molecular complexity index is 858. The van der Waals surface area contributed by atoms with Crippen molar-refractivity contribution >= 4 is 32.8 Å². The maximum Gasteiger partial charge on any atom is 0.403 e. The maximum absolute atomic E-state index is 12.6. The van der Waals surface area contributed by atoms with Crippen molar-refractivity contribution in [3.05, 3.63) is 58.0 Å². The van der Waals surface area contributed by atoms with Gasteiger partial charge in [-0.1, -0.05) is 29.8 Å². The summed E-state index contributed by atoms with van der Waals surface area (Å²) in [6.45, 7) is 0. The van der Waals surface area contributed by atoms with Crippen molar-refractivity contribution in [1.29, 1.82) is 5.39 Å². The molecule has 0 saturated carbocycles. The lowest BCUT2D eigenvalue weighted by atomic mass is 10.2. The van der Waals surface area contributed by atoms with Gasteiger partial charge in [0.2, 0.25) is 5.39 Å². The Morgan fingerprint density at radius 2 is 1.87 bits per heavy atom. The Hall–Kier alpha value is -2.10. The van der Waals surface area contributed by atoms with Crippen molar-refractivity contribution < 1.29 is 8.42 Å². The number of diazo groups is 1. The average Bonchev–Trinajstić information content (AvgIpc) is 2.53. The first-order valence-electron chi connectivity index (χ1n) is 6.98. The second-order valence-corrected chi connectivity index (χ2v) is 7.79. The number of anilines is 1. The summed E-state index contributed by atoms with van der Waals surface area (Å²) >= 11 is 6.06. The number of aryl methyl sites for hydroxylation is 1. The van der Waals surface area contributed by atoms with Crippen LogP contribution in [0.2, 0.25) is 5.02 Å². The molecule has 0 aliphatic heterocycles. The molecule has 7 heteroatoms. The van der Waals surface area contributed by atoms with Gasteiger partial charge in [0.1, 0.15) is 0 Å². The van der Waals surface area contributed by atoms with E-state index in [0.717, 1.165) is 5.56 Å². The predicted octanol–water partition coefficient (Wildman–Crippen LogP) is 3.91. The summed E-state index contributed by atoms with van der Waals surface area (Å²) in [5, 5.41) is 9.61. The third-order valence-electron chi connectivity index (χ3n) is 3.50. The quantitative estimate of drug-likeness (QED) is 0.767. The van der Waals surface area contributed by atoms with Gasteiger partial charge in [-0.3, -0.25) is 0 Å². The Balaban J connectivity index is 2.34. The molecule has 0 unspecified atom stereocenters. The first kappa shape index (κ1) is 17.3. The lowest BCUT2D eigenvalue weighted by Crippen LogP contribution is -2.12. The van der Waals surface area contributed by atoms with Gasteiger partial charge in [0, 0.05) is 30.9 Å². The highest BCUT2D eigenvalue weighted by Gasteiger charge is 2.27. The van der Waals surface area contributed by atoms with Crippen LogP contribution >= 0.6 is 11.6 Å². The number of benzene rings is 2. The number of hydrogen-bond acceptors (Lipinski definition) is 4. The van der Waals surface area contributed by atoms with E-state index in [4.69, 9.17) is 17.0 Å². The lowest BCUT2D eigenvalue weighted by Gasteiger charge is -2.12. The van der Waals surface area contributed by atoms with E-state index in [9.17, 15) is 8.42 Å². The molecule has 120 valence electrons. The van der Waals surface area contributed by atoms with E-state index in [1.165, 1.54) is 12.1 Å². The molecule has 5 nitrogen and oxygen atoms in total. The maximum atomic E-state index is 12.6. The number of nitrogens with zero attached hydrogens (tertiary/aromatic N) is 3. The second kappa shape index (κ2) is 6.99. The summed E-state index contributed by atoms with van der Waals surface area (Å²) in [5.74, 6) is -0.115. The molecule has 0 N–H and O–H groups in total. The fourth-order valence-corrected chi connectivity index (χ4v) is 3.83. The minimum absolute atomic E-state index is 0.0123. The normalized spacial score (nSPS) is 11.0. The van der Waals surface area contributed by atoms with Crippen molar-refractivity contribution in [2.24, 2.45) is 0 Å². The smallest absolute Gasteiger partial charge is 0.378 e. The van der Waals surface area contributed by atoms with Crippen LogP contribution in [-0.2, 0) is 16.3 Å². The number of halogens is 1. The molecule has 0 spiro atoms. The van der Waals surface area contributed by atoms with Crippen molar-refractivity contribution in [3.63, 3.8) is 0 Å². The zero-order chi connectivity index (χ0) is 17.0. The molecule has 0 aromatic heterocycles. The van der Waals surface area contributed by atoms with Gasteiger partial charge in [0.25, 0.3) is 0 Å². The molecule has 0 radical (unpaired) electrons. The van der Waals surface area contributed by atoms with Crippen LogP contribution in [0.3, 0.4) is 0 Å². The molecule has 2 aromatic rings. The highest BCUT2D eigenvalue weighted by Crippen LogP contribution is 2.30. The molecule has 0 atom stereocenters. The number of sulfone groups is 1. The molecule has 0 aliphatic rings. The van der Waals surface area contributed by atoms with E-state index < -0.39 is 9.84 Å². The van der Waals surface area contributed by atoms with Gasteiger partial charge < -0.3 is 4.90 Å². The summed E-state index contributed by atoms with van der Waals surface area (Å²) in [6, 6.07) is 11.8. The minimum Gasteiger partial charge on any atom is -0.378 e. The summed E-state index contributed by atoms with van der Waals surface area (Å²) < 4.78 is 25.3. The molecule has 2 aromatic carbocycles. The minimum atomic E-state index is -3.61. The van der Waals surface area contributed by atoms with Gasteiger partial charge in [-0.05, 0) is 30.2 Å². The topological polar surface area (TPSA) is 65.5 Å². The summed E-state index contributed by atoms with van der Waals surface area (Å²) in [7, 11) is 0.00844. The van der Waals surface area contributed by atoms with Crippen molar-refractivity contribution in [2.75, 3.05) is 24.7 Å². The second-order valence-electron chi connectivity index (χ2n) is 5.31. The molecule has 0 amide bonds. The highest BCUT2D eigenvalue weighted by atomic mass is 35.5. The molecular weight excluding hydrogens is 334 g/mol. The van der Waals surface area contributed by atoms with E-state index in [2.05, 4.69) is 4.98 Å². The van der Waals surface area contributed by atoms with Crippen LogP contribution in [0.25, 0.3) is 4.98 Å². The fraction of sp³-hybridized carbons (Fsp3) is 0.250. The summed E-state index contributed by atoms with van der Waals surface area (Å²) in [4.78, 5) is 4.88. The standard InChI is InChI=1S/C16H17ClN3O2S/c1-20(2)13-7-8-15(19-18)16(11-13)23(21,22)10-9-12-5-3-4-6-14(12)17/h3-8,11H,9-10H2,1-2H3/q+1. The Kier molecular flexibility index (Phi) is 5.24. The van der Waals surface area contributed by atoms with Crippen LogP contribution in [0.4, 0.5) is 11.4 Å². The van der Waals surface area contributed by atoms with Crippen molar-refractivity contribution in [1.82, 2.24) is 0 Å². The molecule has 0 saturated heterocycles. The Labute approximate surface area is 141 Å². The van der Waals surface area contributed by atoms with Gasteiger partial charge in [0.15, 0.2) is 19.7 Å². The first-order chi connectivity index (χ1) is 10.8. The zero-order valence-electron chi connectivity index (χ0n) is 12.9. The van der Waals surface area contributed by atoms with Gasteiger partial charge in [-0.25, -0.2) is 8.42 Å².